The molecule has 0 aliphatic carbocycles. The minimum absolute atomic E-state index is 0.0130. The zero-order valence-electron chi connectivity index (χ0n) is 27.3. The van der Waals surface area contributed by atoms with Crippen LogP contribution < -0.4 is 25.0 Å². The lowest BCUT2D eigenvalue weighted by molar-refractivity contribution is -0.156. The highest BCUT2D eigenvalue weighted by molar-refractivity contribution is 6.07. The lowest BCUT2D eigenvalue weighted by Gasteiger charge is -2.30. The van der Waals surface area contributed by atoms with Crippen LogP contribution in [0.25, 0.3) is 0 Å². The Kier molecular flexibility index (Phi) is 10.6. The average molecular weight is 702 g/mol. The summed E-state index contributed by atoms with van der Waals surface area (Å²) in [7, 11) is 0. The van der Waals surface area contributed by atoms with E-state index in [4.69, 9.17) is 14.2 Å². The third kappa shape index (κ3) is 8.16. The molecule has 4 atom stereocenters. The third-order valence-electron chi connectivity index (χ3n) is 8.02. The first-order chi connectivity index (χ1) is 23.6. The van der Waals surface area contributed by atoms with Gasteiger partial charge in [0.25, 0.3) is 0 Å². The van der Waals surface area contributed by atoms with E-state index < -0.39 is 95.8 Å². The van der Waals surface area contributed by atoms with Crippen molar-refractivity contribution in [1.29, 1.82) is 0 Å². The Bertz CT molecular complexity index is 1760. The summed E-state index contributed by atoms with van der Waals surface area (Å²) in [5.74, 6) is -10.7. The molecule has 5 rings (SSSR count). The monoisotopic (exact) mass is 701 g/mol. The van der Waals surface area contributed by atoms with Gasteiger partial charge in [-0.2, -0.15) is 8.78 Å². The number of carbonyl (C=O) groups is 4. The van der Waals surface area contributed by atoms with Crippen molar-refractivity contribution >= 4 is 29.6 Å². The van der Waals surface area contributed by atoms with Crippen LogP contribution in [0.2, 0.25) is 0 Å². The molecule has 0 spiro atoms. The minimum atomic E-state index is -1.88. The highest BCUT2D eigenvalue weighted by atomic mass is 19.2. The molecule has 0 fully saturated rings. The summed E-state index contributed by atoms with van der Waals surface area (Å²) in [4.78, 5) is 54.8. The van der Waals surface area contributed by atoms with Crippen molar-refractivity contribution in [3.63, 3.8) is 0 Å². The summed E-state index contributed by atoms with van der Waals surface area (Å²) in [5, 5.41) is 16.1. The number of aryl methyl sites for hydroxylation is 1. The van der Waals surface area contributed by atoms with Crippen molar-refractivity contribution in [2.24, 2.45) is 0 Å². The highest BCUT2D eigenvalue weighted by Gasteiger charge is 2.45. The molecule has 11 nitrogen and oxygen atoms in total. The lowest BCUT2D eigenvalue weighted by atomic mass is 10.0. The van der Waals surface area contributed by atoms with Crippen LogP contribution in [0, 0.1) is 23.3 Å². The number of nitrogens with one attached hydrogen (secondary N) is 2. The van der Waals surface area contributed by atoms with E-state index >= 15 is 0 Å². The molecule has 3 aromatic rings. The Balaban J connectivity index is 1.37. The summed E-state index contributed by atoms with van der Waals surface area (Å²) in [6, 6.07) is 9.67. The zero-order chi connectivity index (χ0) is 36.3. The molecule has 0 aromatic heterocycles. The van der Waals surface area contributed by atoms with E-state index in [1.165, 1.54) is 4.90 Å². The van der Waals surface area contributed by atoms with Gasteiger partial charge in [-0.05, 0) is 56.9 Å². The Labute approximate surface area is 284 Å². The molecule has 0 radical (unpaired) electrons. The van der Waals surface area contributed by atoms with Crippen molar-refractivity contribution in [3.8, 4) is 11.5 Å². The van der Waals surface area contributed by atoms with Gasteiger partial charge in [0.2, 0.25) is 23.4 Å². The molecule has 4 unspecified atom stereocenters. The topological polar surface area (TPSA) is 144 Å². The summed E-state index contributed by atoms with van der Waals surface area (Å²) in [5.41, 5.74) is 0.932. The standard InChI is InChI=1S/C35H35F4N3O8/c1-35(2,3)50-27(44)16-24(26(43)17-48-31-28(38)21(36)15-22(37)29(31)39)40-32(45)25-14-19-9-7-8-18-12-13-23(33(46)42(25)30(18)19)41-34(47)49-20-10-5-4-6-11-20/h4-11,15,23-26,43H,12-14,16-17H2,1-3H3,(H,40,45)(H,41,47). The normalized spacial score (nSPS) is 18.0. The number of para-hydroxylation sites is 2. The molecule has 3 N–H and O–H groups in total. The Morgan fingerprint density at radius 3 is 2.30 bits per heavy atom. The molecule has 266 valence electrons. The molecule has 15 heteroatoms. The maximum atomic E-state index is 14.2. The van der Waals surface area contributed by atoms with Crippen molar-refractivity contribution in [2.75, 3.05) is 11.5 Å². The largest absolute Gasteiger partial charge is 0.485 e. The molecule has 0 bridgehead atoms. The smallest absolute Gasteiger partial charge is 0.413 e. The number of benzene rings is 3. The van der Waals surface area contributed by atoms with E-state index in [-0.39, 0.29) is 24.7 Å². The fourth-order valence-electron chi connectivity index (χ4n) is 5.83. The predicted octanol–water partition coefficient (Wildman–Crippen LogP) is 4.26. The number of esters is 1. The van der Waals surface area contributed by atoms with Crippen LogP contribution in [0.3, 0.4) is 0 Å². The zero-order valence-corrected chi connectivity index (χ0v) is 27.3. The molecule has 3 amide bonds. The molecule has 0 saturated carbocycles. The van der Waals surface area contributed by atoms with E-state index in [1.807, 2.05) is 0 Å². The first-order valence-electron chi connectivity index (χ1n) is 15.8. The SMILES string of the molecule is CC(C)(C)OC(=O)CC(NC(=O)C1Cc2cccc3c2N1C(=O)C(NC(=O)Oc1ccccc1)CC3)C(O)COc1c(F)c(F)cc(F)c1F. The number of amides is 3. The maximum Gasteiger partial charge on any atom is 0.413 e. The van der Waals surface area contributed by atoms with Gasteiger partial charge in [0.1, 0.15) is 36.1 Å². The number of halogens is 4. The van der Waals surface area contributed by atoms with E-state index in [0.29, 0.717) is 17.7 Å². The van der Waals surface area contributed by atoms with Gasteiger partial charge in [-0.15, -0.1) is 0 Å². The van der Waals surface area contributed by atoms with Gasteiger partial charge < -0.3 is 30.0 Å². The summed E-state index contributed by atoms with van der Waals surface area (Å²) in [6.45, 7) is 3.74. The number of carbonyl (C=O) groups excluding carboxylic acids is 4. The van der Waals surface area contributed by atoms with Crippen LogP contribution >= 0.6 is 0 Å². The number of aliphatic hydroxyl groups excluding tert-OH is 1. The molecule has 2 aliphatic rings. The molecule has 2 aliphatic heterocycles. The Morgan fingerprint density at radius 2 is 1.64 bits per heavy atom. The van der Waals surface area contributed by atoms with Crippen LogP contribution in [-0.2, 0) is 32.0 Å². The van der Waals surface area contributed by atoms with Crippen LogP contribution in [0.4, 0.5) is 28.0 Å². The predicted molar refractivity (Wildman–Crippen MR) is 169 cm³/mol. The van der Waals surface area contributed by atoms with Crippen molar-refractivity contribution in [3.05, 3.63) is 89.0 Å². The van der Waals surface area contributed by atoms with E-state index in [9.17, 15) is 41.8 Å². The molecular formula is C35H35F4N3O8. The second-order valence-electron chi connectivity index (χ2n) is 12.9. The lowest BCUT2D eigenvalue weighted by Crippen LogP contribution is -2.57. The number of ether oxygens (including phenoxy) is 3. The van der Waals surface area contributed by atoms with Gasteiger partial charge >= 0.3 is 12.1 Å². The second kappa shape index (κ2) is 14.7. The molecule has 50 heavy (non-hydrogen) atoms. The van der Waals surface area contributed by atoms with Gasteiger partial charge in [-0.1, -0.05) is 36.4 Å². The second-order valence-corrected chi connectivity index (χ2v) is 12.9. The molecule has 0 saturated heterocycles. The number of nitrogens with zero attached hydrogens (tertiary/aromatic N) is 1. The number of anilines is 1. The Hall–Kier alpha value is -5.18. The molecule has 2 heterocycles. The van der Waals surface area contributed by atoms with Gasteiger partial charge in [0.15, 0.2) is 17.4 Å². The third-order valence-corrected chi connectivity index (χ3v) is 8.02. The van der Waals surface area contributed by atoms with Gasteiger partial charge in [0, 0.05) is 12.5 Å². The van der Waals surface area contributed by atoms with Crippen molar-refractivity contribution in [1.82, 2.24) is 10.6 Å². The quantitative estimate of drug-likeness (QED) is 0.162. The van der Waals surface area contributed by atoms with Crippen LogP contribution in [0.5, 0.6) is 11.5 Å². The summed E-state index contributed by atoms with van der Waals surface area (Å²) in [6.07, 6.45) is -2.82. The number of aliphatic hydroxyl groups is 1. The summed E-state index contributed by atoms with van der Waals surface area (Å²) < 4.78 is 71.5. The van der Waals surface area contributed by atoms with Gasteiger partial charge in [-0.3, -0.25) is 19.3 Å². The molecule has 3 aromatic carbocycles. The number of hydrogen-bond acceptors (Lipinski definition) is 8. The molecular weight excluding hydrogens is 666 g/mol. The van der Waals surface area contributed by atoms with E-state index in [2.05, 4.69) is 10.6 Å². The number of hydrogen-bond donors (Lipinski definition) is 3. The average Bonchev–Trinajstić information content (AvgIpc) is 3.39. The van der Waals surface area contributed by atoms with Gasteiger partial charge in [0.05, 0.1) is 18.2 Å². The summed E-state index contributed by atoms with van der Waals surface area (Å²) >= 11 is 0. The first kappa shape index (κ1) is 36.1. The fourth-order valence-corrected chi connectivity index (χ4v) is 5.83. The van der Waals surface area contributed by atoms with E-state index in [0.717, 1.165) is 5.56 Å². The van der Waals surface area contributed by atoms with Crippen molar-refractivity contribution < 1.29 is 56.1 Å². The van der Waals surface area contributed by atoms with Crippen LogP contribution in [0.1, 0.15) is 44.7 Å². The highest BCUT2D eigenvalue weighted by Crippen LogP contribution is 2.39. The minimum Gasteiger partial charge on any atom is -0.485 e. The van der Waals surface area contributed by atoms with Crippen LogP contribution in [0.15, 0.2) is 54.6 Å². The van der Waals surface area contributed by atoms with Gasteiger partial charge in [-0.25, -0.2) is 13.6 Å². The van der Waals surface area contributed by atoms with E-state index in [1.54, 1.807) is 69.3 Å². The maximum absolute atomic E-state index is 14.2. The van der Waals surface area contributed by atoms with Crippen molar-refractivity contribution in [2.45, 2.75) is 76.3 Å². The Morgan fingerprint density at radius 1 is 0.980 bits per heavy atom. The first-order valence-corrected chi connectivity index (χ1v) is 15.8. The fraction of sp³-hybridized carbons (Fsp3) is 0.371. The number of rotatable bonds is 10. The van der Waals surface area contributed by atoms with Crippen LogP contribution in [-0.4, -0.2) is 65.4 Å².